The van der Waals surface area contributed by atoms with E-state index in [4.69, 9.17) is 9.15 Å². The molecule has 1 aromatic carbocycles. The first-order valence-corrected chi connectivity index (χ1v) is 10.3. The lowest BCUT2D eigenvalue weighted by Gasteiger charge is -2.31. The number of rotatable bonds is 6. The van der Waals surface area contributed by atoms with Crippen LogP contribution in [0.25, 0.3) is 11.0 Å². The number of carbonyl (C=O) groups excluding carboxylic acids is 2. The van der Waals surface area contributed by atoms with Gasteiger partial charge < -0.3 is 19.4 Å². The van der Waals surface area contributed by atoms with Gasteiger partial charge in [-0.3, -0.25) is 9.59 Å². The Morgan fingerprint density at radius 2 is 1.96 bits per heavy atom. The van der Waals surface area contributed by atoms with E-state index in [0.717, 1.165) is 62.8 Å². The summed E-state index contributed by atoms with van der Waals surface area (Å²) in [4.78, 5) is 26.6. The van der Waals surface area contributed by atoms with Crippen molar-refractivity contribution in [1.29, 1.82) is 0 Å². The summed E-state index contributed by atoms with van der Waals surface area (Å²) < 4.78 is 11.2. The van der Waals surface area contributed by atoms with Crippen molar-refractivity contribution in [2.24, 2.45) is 5.92 Å². The highest BCUT2D eigenvalue weighted by atomic mass is 16.5. The van der Waals surface area contributed by atoms with E-state index >= 15 is 0 Å². The Labute approximate surface area is 165 Å². The van der Waals surface area contributed by atoms with Gasteiger partial charge in [0.05, 0.1) is 6.10 Å². The van der Waals surface area contributed by atoms with Gasteiger partial charge in [0.2, 0.25) is 5.91 Å². The van der Waals surface area contributed by atoms with Crippen LogP contribution in [0, 0.1) is 5.92 Å². The van der Waals surface area contributed by atoms with Gasteiger partial charge >= 0.3 is 0 Å². The number of para-hydroxylation sites is 1. The van der Waals surface area contributed by atoms with E-state index in [-0.39, 0.29) is 17.9 Å². The summed E-state index contributed by atoms with van der Waals surface area (Å²) in [5.41, 5.74) is 0.745. The highest BCUT2D eigenvalue weighted by Gasteiger charge is 2.26. The minimum Gasteiger partial charge on any atom is -0.451 e. The van der Waals surface area contributed by atoms with Gasteiger partial charge in [-0.1, -0.05) is 18.2 Å². The number of nitrogens with one attached hydrogen (secondary N) is 1. The maximum atomic E-state index is 12.7. The standard InChI is InChI=1S/C22H28N2O4/c25-21(23-15-18-5-3-13-27-18)8-7-16-9-11-24(12-10-16)22(26)20-14-17-4-1-2-6-19(17)28-20/h1-2,4,6,14,16,18H,3,5,7-13,15H2,(H,23,25)/t18-/m1/s1. The van der Waals surface area contributed by atoms with Gasteiger partial charge in [0.1, 0.15) is 5.58 Å². The quantitative estimate of drug-likeness (QED) is 0.829. The number of ether oxygens (including phenoxy) is 1. The van der Waals surface area contributed by atoms with Crippen molar-refractivity contribution in [2.75, 3.05) is 26.2 Å². The Balaban J connectivity index is 1.19. The third kappa shape index (κ3) is 4.55. The number of carbonyl (C=O) groups is 2. The van der Waals surface area contributed by atoms with Crippen LogP contribution < -0.4 is 5.32 Å². The summed E-state index contributed by atoms with van der Waals surface area (Å²) in [5, 5.41) is 3.94. The first kappa shape index (κ1) is 19.0. The molecule has 2 aliphatic rings. The second kappa shape index (κ2) is 8.78. The van der Waals surface area contributed by atoms with E-state index in [0.29, 0.717) is 24.6 Å². The topological polar surface area (TPSA) is 71.8 Å². The number of hydrogen-bond donors (Lipinski definition) is 1. The van der Waals surface area contributed by atoms with Crippen molar-refractivity contribution >= 4 is 22.8 Å². The average molecular weight is 384 g/mol. The Hall–Kier alpha value is -2.34. The van der Waals surface area contributed by atoms with Gasteiger partial charge in [-0.15, -0.1) is 0 Å². The third-order valence-electron chi connectivity index (χ3n) is 5.87. The molecule has 4 rings (SSSR count). The van der Waals surface area contributed by atoms with Crippen molar-refractivity contribution in [3.8, 4) is 0 Å². The number of hydrogen-bond acceptors (Lipinski definition) is 4. The number of amides is 2. The number of piperidine rings is 1. The summed E-state index contributed by atoms with van der Waals surface area (Å²) in [6, 6.07) is 9.49. The van der Waals surface area contributed by atoms with E-state index in [1.807, 2.05) is 35.2 Å². The minimum absolute atomic E-state index is 0.0380. The van der Waals surface area contributed by atoms with Gasteiger partial charge in [-0.25, -0.2) is 0 Å². The molecule has 1 atom stereocenters. The first-order valence-electron chi connectivity index (χ1n) is 10.3. The van der Waals surface area contributed by atoms with Crippen LogP contribution >= 0.6 is 0 Å². The number of fused-ring (bicyclic) bond motifs is 1. The molecule has 2 amide bonds. The maximum absolute atomic E-state index is 12.7. The zero-order valence-electron chi connectivity index (χ0n) is 16.2. The van der Waals surface area contributed by atoms with Crippen molar-refractivity contribution in [2.45, 2.75) is 44.6 Å². The fourth-order valence-electron chi connectivity index (χ4n) is 4.12. The summed E-state index contributed by atoms with van der Waals surface area (Å²) in [5.74, 6) is 0.974. The van der Waals surface area contributed by atoms with Gasteiger partial charge in [0, 0.05) is 38.0 Å². The Bertz CT molecular complexity index is 784. The Kier molecular flexibility index (Phi) is 5.95. The molecule has 1 N–H and O–H groups in total. The molecule has 0 aliphatic carbocycles. The van der Waals surface area contributed by atoms with Crippen LogP contribution in [0.15, 0.2) is 34.7 Å². The van der Waals surface area contributed by atoms with E-state index in [2.05, 4.69) is 5.32 Å². The molecular formula is C22H28N2O4. The van der Waals surface area contributed by atoms with Crippen LogP contribution in [-0.2, 0) is 9.53 Å². The van der Waals surface area contributed by atoms with Gasteiger partial charge in [0.15, 0.2) is 5.76 Å². The average Bonchev–Trinajstić information content (AvgIpc) is 3.40. The molecule has 0 bridgehead atoms. The number of benzene rings is 1. The van der Waals surface area contributed by atoms with Crippen LogP contribution in [-0.4, -0.2) is 49.1 Å². The molecular weight excluding hydrogens is 356 g/mol. The lowest BCUT2D eigenvalue weighted by Crippen LogP contribution is -2.38. The molecule has 3 heterocycles. The normalized spacial score (nSPS) is 20.6. The molecule has 2 aliphatic heterocycles. The van der Waals surface area contributed by atoms with Crippen LogP contribution in [0.1, 0.15) is 49.1 Å². The second-order valence-electron chi connectivity index (χ2n) is 7.86. The first-order chi connectivity index (χ1) is 13.7. The molecule has 0 saturated carbocycles. The molecule has 150 valence electrons. The lowest BCUT2D eigenvalue weighted by molar-refractivity contribution is -0.122. The molecule has 6 nitrogen and oxygen atoms in total. The molecule has 6 heteroatoms. The SMILES string of the molecule is O=C(CCC1CCN(C(=O)c2cc3ccccc3o2)CC1)NC[C@H]1CCCO1. The molecule has 28 heavy (non-hydrogen) atoms. The van der Waals surface area contributed by atoms with Crippen LogP contribution in [0.4, 0.5) is 0 Å². The molecule has 1 aromatic heterocycles. The molecule has 0 spiro atoms. The fourth-order valence-corrected chi connectivity index (χ4v) is 4.12. The van der Waals surface area contributed by atoms with Crippen LogP contribution in [0.2, 0.25) is 0 Å². The predicted molar refractivity (Wildman–Crippen MR) is 106 cm³/mol. The van der Waals surface area contributed by atoms with E-state index < -0.39 is 0 Å². The zero-order chi connectivity index (χ0) is 19.3. The zero-order valence-corrected chi connectivity index (χ0v) is 16.2. The lowest BCUT2D eigenvalue weighted by atomic mass is 9.92. The highest BCUT2D eigenvalue weighted by molar-refractivity contribution is 5.96. The summed E-state index contributed by atoms with van der Waals surface area (Å²) in [6.45, 7) is 2.88. The van der Waals surface area contributed by atoms with E-state index in [1.54, 1.807) is 0 Å². The highest BCUT2D eigenvalue weighted by Crippen LogP contribution is 2.25. The predicted octanol–water partition coefficient (Wildman–Crippen LogP) is 3.36. The fraction of sp³-hybridized carbons (Fsp3) is 0.545. The van der Waals surface area contributed by atoms with Gasteiger partial charge in [0.25, 0.3) is 5.91 Å². The summed E-state index contributed by atoms with van der Waals surface area (Å²) in [6.07, 6.45) is 5.62. The Morgan fingerprint density at radius 1 is 1.14 bits per heavy atom. The second-order valence-corrected chi connectivity index (χ2v) is 7.86. The largest absolute Gasteiger partial charge is 0.451 e. The summed E-state index contributed by atoms with van der Waals surface area (Å²) >= 11 is 0. The van der Waals surface area contributed by atoms with Crippen molar-refractivity contribution in [3.05, 3.63) is 36.1 Å². The van der Waals surface area contributed by atoms with Crippen molar-refractivity contribution in [1.82, 2.24) is 10.2 Å². The van der Waals surface area contributed by atoms with Crippen LogP contribution in [0.3, 0.4) is 0 Å². The number of nitrogens with zero attached hydrogens (tertiary/aromatic N) is 1. The number of furan rings is 1. The van der Waals surface area contributed by atoms with Crippen LogP contribution in [0.5, 0.6) is 0 Å². The smallest absolute Gasteiger partial charge is 0.289 e. The minimum atomic E-state index is -0.0380. The van der Waals surface area contributed by atoms with Gasteiger partial charge in [-0.2, -0.15) is 0 Å². The summed E-state index contributed by atoms with van der Waals surface area (Å²) in [7, 11) is 0. The molecule has 0 radical (unpaired) electrons. The molecule has 2 aromatic rings. The van der Waals surface area contributed by atoms with Crippen molar-refractivity contribution in [3.63, 3.8) is 0 Å². The monoisotopic (exact) mass is 384 g/mol. The Morgan fingerprint density at radius 3 is 2.71 bits per heavy atom. The van der Waals surface area contributed by atoms with Gasteiger partial charge in [-0.05, 0) is 50.2 Å². The van der Waals surface area contributed by atoms with E-state index in [1.165, 1.54) is 0 Å². The molecule has 2 fully saturated rings. The third-order valence-corrected chi connectivity index (χ3v) is 5.87. The van der Waals surface area contributed by atoms with E-state index in [9.17, 15) is 9.59 Å². The molecule has 2 saturated heterocycles. The van der Waals surface area contributed by atoms with Crippen molar-refractivity contribution < 1.29 is 18.7 Å². The molecule has 0 unspecified atom stereocenters. The maximum Gasteiger partial charge on any atom is 0.289 e. The number of likely N-dealkylation sites (tertiary alicyclic amines) is 1.